The Labute approximate surface area is 231 Å². The molecule has 2 heteroatoms. The fourth-order valence-electron chi connectivity index (χ4n) is 6.56. The third kappa shape index (κ3) is 3.21. The normalized spacial score (nSPS) is 13.5. The van der Waals surface area contributed by atoms with Gasteiger partial charge in [-0.2, -0.15) is 0 Å². The van der Waals surface area contributed by atoms with E-state index in [9.17, 15) is 0 Å². The maximum absolute atomic E-state index is 6.20. The van der Waals surface area contributed by atoms with Crippen LogP contribution in [0.15, 0.2) is 144 Å². The van der Waals surface area contributed by atoms with Crippen molar-refractivity contribution < 1.29 is 4.42 Å². The molecule has 1 nitrogen and oxygen atoms in total. The molecule has 1 aliphatic rings. The summed E-state index contributed by atoms with van der Waals surface area (Å²) < 4.78 is 6.17. The minimum Gasteiger partial charge on any atom is -0.456 e. The quantitative estimate of drug-likeness (QED) is 0.227. The third-order valence-electron chi connectivity index (χ3n) is 8.25. The van der Waals surface area contributed by atoms with Gasteiger partial charge in [-0.3, -0.25) is 0 Å². The maximum atomic E-state index is 6.20. The molecule has 0 fully saturated rings. The molecule has 6 aromatic carbocycles. The zero-order valence-electron chi connectivity index (χ0n) is 21.1. The standard InChI is InChI=1S/C37H23ClO/c38-28-19-21-32-31-20-16-25(22-35(31)39-36(32)23-28)24-14-17-27(18-15-24)37(26-8-2-1-3-9-26)33-12-6-4-10-29(33)30-11-5-7-13-34(30)37/h1-23H. The molecule has 0 amide bonds. The van der Waals surface area contributed by atoms with Gasteiger partial charge in [-0.1, -0.05) is 121 Å². The van der Waals surface area contributed by atoms with E-state index in [1.54, 1.807) is 0 Å². The Bertz CT molecular complexity index is 1970. The monoisotopic (exact) mass is 518 g/mol. The summed E-state index contributed by atoms with van der Waals surface area (Å²) in [6.07, 6.45) is 0. The summed E-state index contributed by atoms with van der Waals surface area (Å²) in [6, 6.07) is 49.9. The van der Waals surface area contributed by atoms with Gasteiger partial charge in [0, 0.05) is 21.9 Å². The Hall–Kier alpha value is -4.59. The van der Waals surface area contributed by atoms with Crippen molar-refractivity contribution in [3.8, 4) is 22.3 Å². The summed E-state index contributed by atoms with van der Waals surface area (Å²) in [5.74, 6) is 0. The number of halogens is 1. The molecule has 0 atom stereocenters. The predicted molar refractivity (Wildman–Crippen MR) is 161 cm³/mol. The summed E-state index contributed by atoms with van der Waals surface area (Å²) >= 11 is 6.20. The van der Waals surface area contributed by atoms with Crippen LogP contribution in [-0.2, 0) is 5.41 Å². The van der Waals surface area contributed by atoms with Crippen LogP contribution in [0.3, 0.4) is 0 Å². The van der Waals surface area contributed by atoms with Crippen LogP contribution in [0.1, 0.15) is 22.3 Å². The fraction of sp³-hybridized carbons (Fsp3) is 0.0270. The lowest BCUT2D eigenvalue weighted by molar-refractivity contribution is 0.669. The largest absolute Gasteiger partial charge is 0.456 e. The van der Waals surface area contributed by atoms with Crippen molar-refractivity contribution in [3.63, 3.8) is 0 Å². The summed E-state index contributed by atoms with van der Waals surface area (Å²) in [5.41, 5.74) is 11.4. The van der Waals surface area contributed by atoms with Crippen molar-refractivity contribution in [2.24, 2.45) is 0 Å². The van der Waals surface area contributed by atoms with Crippen molar-refractivity contribution in [2.75, 3.05) is 0 Å². The van der Waals surface area contributed by atoms with E-state index in [-0.39, 0.29) is 5.41 Å². The average molecular weight is 519 g/mol. The highest BCUT2D eigenvalue weighted by Crippen LogP contribution is 2.56. The number of furan rings is 1. The number of hydrogen-bond acceptors (Lipinski definition) is 1. The first-order chi connectivity index (χ1) is 19.2. The van der Waals surface area contributed by atoms with Gasteiger partial charge >= 0.3 is 0 Å². The summed E-state index contributed by atoms with van der Waals surface area (Å²) in [7, 11) is 0. The lowest BCUT2D eigenvalue weighted by atomic mass is 9.67. The second kappa shape index (κ2) is 8.46. The van der Waals surface area contributed by atoms with E-state index in [4.69, 9.17) is 16.0 Å². The van der Waals surface area contributed by atoms with Crippen molar-refractivity contribution in [3.05, 3.63) is 167 Å². The molecular weight excluding hydrogens is 496 g/mol. The lowest BCUT2D eigenvalue weighted by Gasteiger charge is -2.34. The molecule has 39 heavy (non-hydrogen) atoms. The topological polar surface area (TPSA) is 13.1 Å². The molecular formula is C37H23ClO. The van der Waals surface area contributed by atoms with Gasteiger partial charge in [0.05, 0.1) is 5.41 Å². The minimum atomic E-state index is -0.380. The molecule has 0 radical (unpaired) electrons. The highest BCUT2D eigenvalue weighted by atomic mass is 35.5. The molecule has 0 N–H and O–H groups in total. The Morgan fingerprint density at radius 2 is 1.00 bits per heavy atom. The molecule has 0 aliphatic heterocycles. The number of hydrogen-bond donors (Lipinski definition) is 0. The maximum Gasteiger partial charge on any atom is 0.136 e. The molecule has 184 valence electrons. The van der Waals surface area contributed by atoms with Crippen molar-refractivity contribution >= 4 is 33.5 Å². The van der Waals surface area contributed by atoms with Crippen LogP contribution < -0.4 is 0 Å². The zero-order valence-corrected chi connectivity index (χ0v) is 21.8. The molecule has 0 spiro atoms. The number of benzene rings is 6. The van der Waals surface area contributed by atoms with Crippen LogP contribution in [0.4, 0.5) is 0 Å². The van der Waals surface area contributed by atoms with Gasteiger partial charge in [0.2, 0.25) is 0 Å². The second-order valence-corrected chi connectivity index (χ2v) is 10.7. The van der Waals surface area contributed by atoms with Crippen LogP contribution in [0, 0.1) is 0 Å². The highest BCUT2D eigenvalue weighted by molar-refractivity contribution is 6.31. The molecule has 1 aliphatic carbocycles. The van der Waals surface area contributed by atoms with Crippen LogP contribution >= 0.6 is 11.6 Å². The molecule has 8 rings (SSSR count). The first-order valence-corrected chi connectivity index (χ1v) is 13.6. The van der Waals surface area contributed by atoms with Gasteiger partial charge in [0.1, 0.15) is 11.2 Å². The van der Waals surface area contributed by atoms with Crippen LogP contribution in [0.2, 0.25) is 5.02 Å². The molecule has 1 heterocycles. The van der Waals surface area contributed by atoms with Gasteiger partial charge in [-0.05, 0) is 68.8 Å². The lowest BCUT2D eigenvalue weighted by Crippen LogP contribution is -2.28. The Morgan fingerprint density at radius 3 is 1.69 bits per heavy atom. The van der Waals surface area contributed by atoms with E-state index < -0.39 is 0 Å². The molecule has 0 unspecified atom stereocenters. The van der Waals surface area contributed by atoms with Gasteiger partial charge < -0.3 is 4.42 Å². The number of fused-ring (bicyclic) bond motifs is 6. The van der Waals surface area contributed by atoms with Gasteiger partial charge in [-0.15, -0.1) is 0 Å². The first kappa shape index (κ1) is 22.4. The van der Waals surface area contributed by atoms with E-state index in [1.807, 2.05) is 18.2 Å². The SMILES string of the molecule is Clc1ccc2c(c1)oc1cc(-c3ccc(C4(c5ccccc5)c5ccccc5-c5ccccc54)cc3)ccc12. The molecule has 0 bridgehead atoms. The minimum absolute atomic E-state index is 0.380. The van der Waals surface area contributed by atoms with Gasteiger partial charge in [0.15, 0.2) is 0 Å². The van der Waals surface area contributed by atoms with Crippen molar-refractivity contribution in [1.82, 2.24) is 0 Å². The van der Waals surface area contributed by atoms with Gasteiger partial charge in [-0.25, -0.2) is 0 Å². The van der Waals surface area contributed by atoms with Crippen LogP contribution in [0.25, 0.3) is 44.2 Å². The van der Waals surface area contributed by atoms with Crippen LogP contribution in [0.5, 0.6) is 0 Å². The van der Waals surface area contributed by atoms with Crippen LogP contribution in [-0.4, -0.2) is 0 Å². The summed E-state index contributed by atoms with van der Waals surface area (Å²) in [4.78, 5) is 0. The van der Waals surface area contributed by atoms with E-state index in [2.05, 4.69) is 121 Å². The highest BCUT2D eigenvalue weighted by Gasteiger charge is 2.45. The summed E-state index contributed by atoms with van der Waals surface area (Å²) in [6.45, 7) is 0. The predicted octanol–water partition coefficient (Wildman–Crippen LogP) is 10.3. The van der Waals surface area contributed by atoms with Gasteiger partial charge in [0.25, 0.3) is 0 Å². The molecule has 0 saturated carbocycles. The van der Waals surface area contributed by atoms with Crippen molar-refractivity contribution in [2.45, 2.75) is 5.41 Å². The average Bonchev–Trinajstić information content (AvgIpc) is 3.50. The van der Waals surface area contributed by atoms with E-state index >= 15 is 0 Å². The summed E-state index contributed by atoms with van der Waals surface area (Å²) in [5, 5.41) is 2.86. The van der Waals surface area contributed by atoms with E-state index in [0.717, 1.165) is 33.1 Å². The number of rotatable bonds is 3. The smallest absolute Gasteiger partial charge is 0.136 e. The first-order valence-electron chi connectivity index (χ1n) is 13.2. The Morgan fingerprint density at radius 1 is 0.462 bits per heavy atom. The third-order valence-corrected chi connectivity index (χ3v) is 8.48. The molecule has 0 saturated heterocycles. The molecule has 1 aromatic heterocycles. The fourth-order valence-corrected chi connectivity index (χ4v) is 6.72. The molecule has 7 aromatic rings. The Kier molecular flexibility index (Phi) is 4.86. The van der Waals surface area contributed by atoms with E-state index in [1.165, 1.54) is 33.4 Å². The second-order valence-electron chi connectivity index (χ2n) is 10.2. The zero-order chi connectivity index (χ0) is 26.0. The van der Waals surface area contributed by atoms with E-state index in [0.29, 0.717) is 5.02 Å². The Balaban J connectivity index is 1.31. The van der Waals surface area contributed by atoms with Crippen molar-refractivity contribution in [1.29, 1.82) is 0 Å².